The maximum atomic E-state index is 11.7. The molecule has 0 fully saturated rings. The maximum Gasteiger partial charge on any atom is 0.271 e. The van der Waals surface area contributed by atoms with Crippen LogP contribution in [0.15, 0.2) is 70.5 Å². The minimum atomic E-state index is -0.553. The van der Waals surface area contributed by atoms with E-state index in [0.29, 0.717) is 5.56 Å². The lowest BCUT2D eigenvalue weighted by atomic mass is 10.1. The van der Waals surface area contributed by atoms with Crippen molar-refractivity contribution < 1.29 is 14.8 Å². The highest BCUT2D eigenvalue weighted by atomic mass is 16.6. The Bertz CT molecular complexity index is 798. The fourth-order valence-electron chi connectivity index (χ4n) is 1.79. The SMILES string of the molecule is CC(=O)C(N=Nc1cccc([N+](=O)[O-])c1)=C(O)c1ccccc1. The van der Waals surface area contributed by atoms with Gasteiger partial charge in [0.15, 0.2) is 17.2 Å². The van der Waals surface area contributed by atoms with Gasteiger partial charge < -0.3 is 5.11 Å². The van der Waals surface area contributed by atoms with Gasteiger partial charge in [-0.1, -0.05) is 36.4 Å². The van der Waals surface area contributed by atoms with Gasteiger partial charge in [-0.25, -0.2) is 0 Å². The summed E-state index contributed by atoms with van der Waals surface area (Å²) in [6.45, 7) is 1.25. The lowest BCUT2D eigenvalue weighted by Crippen LogP contribution is -1.98. The van der Waals surface area contributed by atoms with Gasteiger partial charge in [-0.05, 0) is 6.07 Å². The third kappa shape index (κ3) is 4.07. The van der Waals surface area contributed by atoms with E-state index in [-0.39, 0.29) is 22.8 Å². The van der Waals surface area contributed by atoms with Crippen LogP contribution in [0.2, 0.25) is 0 Å². The molecule has 7 heteroatoms. The number of nitrogens with zero attached hydrogens (tertiary/aromatic N) is 3. The van der Waals surface area contributed by atoms with E-state index in [0.717, 1.165) is 0 Å². The van der Waals surface area contributed by atoms with E-state index in [1.165, 1.54) is 31.2 Å². The molecular weight excluding hydrogens is 298 g/mol. The zero-order valence-electron chi connectivity index (χ0n) is 12.2. The minimum Gasteiger partial charge on any atom is -0.505 e. The largest absolute Gasteiger partial charge is 0.505 e. The summed E-state index contributed by atoms with van der Waals surface area (Å²) in [7, 11) is 0. The van der Waals surface area contributed by atoms with E-state index in [9.17, 15) is 20.0 Å². The van der Waals surface area contributed by atoms with Crippen molar-refractivity contribution in [2.75, 3.05) is 0 Å². The Labute approximate surface area is 131 Å². The summed E-state index contributed by atoms with van der Waals surface area (Å²) in [4.78, 5) is 21.8. The Morgan fingerprint density at radius 3 is 2.43 bits per heavy atom. The van der Waals surface area contributed by atoms with E-state index in [2.05, 4.69) is 10.2 Å². The predicted octanol–water partition coefficient (Wildman–Crippen LogP) is 4.19. The molecule has 23 heavy (non-hydrogen) atoms. The monoisotopic (exact) mass is 311 g/mol. The average molecular weight is 311 g/mol. The van der Waals surface area contributed by atoms with Crippen LogP contribution in [0.25, 0.3) is 5.76 Å². The van der Waals surface area contributed by atoms with E-state index in [1.807, 2.05) is 0 Å². The molecule has 7 nitrogen and oxygen atoms in total. The highest BCUT2D eigenvalue weighted by Crippen LogP contribution is 2.23. The molecule has 0 bridgehead atoms. The summed E-state index contributed by atoms with van der Waals surface area (Å²) in [5.74, 6) is -0.771. The smallest absolute Gasteiger partial charge is 0.271 e. The Morgan fingerprint density at radius 1 is 1.13 bits per heavy atom. The molecule has 0 unspecified atom stereocenters. The van der Waals surface area contributed by atoms with Crippen LogP contribution in [0.1, 0.15) is 12.5 Å². The molecule has 2 rings (SSSR count). The average Bonchev–Trinajstić information content (AvgIpc) is 2.55. The van der Waals surface area contributed by atoms with Gasteiger partial charge in [0.25, 0.3) is 5.69 Å². The Balaban J connectivity index is 2.39. The molecule has 0 radical (unpaired) electrons. The molecule has 0 atom stereocenters. The second kappa shape index (κ2) is 7.08. The number of non-ortho nitro benzene ring substituents is 1. The van der Waals surface area contributed by atoms with Crippen molar-refractivity contribution in [2.24, 2.45) is 10.2 Å². The maximum absolute atomic E-state index is 11.7. The van der Waals surface area contributed by atoms with E-state index in [1.54, 1.807) is 30.3 Å². The number of allylic oxidation sites excluding steroid dienone is 1. The van der Waals surface area contributed by atoms with Gasteiger partial charge in [-0.15, -0.1) is 5.11 Å². The second-order valence-corrected chi connectivity index (χ2v) is 4.60. The fraction of sp³-hybridized carbons (Fsp3) is 0.0625. The van der Waals surface area contributed by atoms with Crippen LogP contribution in [0, 0.1) is 10.1 Å². The number of nitro benzene ring substituents is 1. The highest BCUT2D eigenvalue weighted by molar-refractivity contribution is 5.99. The summed E-state index contributed by atoms with van der Waals surface area (Å²) in [6.07, 6.45) is 0. The summed E-state index contributed by atoms with van der Waals surface area (Å²) in [5, 5.41) is 28.4. The van der Waals surface area contributed by atoms with Gasteiger partial charge in [0, 0.05) is 24.6 Å². The van der Waals surface area contributed by atoms with Crippen LogP contribution < -0.4 is 0 Å². The molecule has 0 aliphatic rings. The van der Waals surface area contributed by atoms with Gasteiger partial charge in [-0.3, -0.25) is 14.9 Å². The van der Waals surface area contributed by atoms with Crippen LogP contribution in [0.3, 0.4) is 0 Å². The molecular formula is C16H13N3O4. The topological polar surface area (TPSA) is 105 Å². The summed E-state index contributed by atoms with van der Waals surface area (Å²) in [6, 6.07) is 14.0. The number of Topliss-reactive ketones (excluding diaryl/α,β-unsaturated/α-hetero) is 1. The molecule has 0 saturated heterocycles. The van der Waals surface area contributed by atoms with E-state index >= 15 is 0 Å². The van der Waals surface area contributed by atoms with Gasteiger partial charge in [0.05, 0.1) is 10.6 Å². The Hall–Kier alpha value is -3.35. The van der Waals surface area contributed by atoms with Crippen LogP contribution in [-0.2, 0) is 4.79 Å². The number of carbonyl (C=O) groups is 1. The van der Waals surface area contributed by atoms with Crippen LogP contribution in [0.5, 0.6) is 0 Å². The van der Waals surface area contributed by atoms with Gasteiger partial charge in [0.2, 0.25) is 0 Å². The quantitative estimate of drug-likeness (QED) is 0.294. The van der Waals surface area contributed by atoms with E-state index in [4.69, 9.17) is 0 Å². The Morgan fingerprint density at radius 2 is 1.83 bits per heavy atom. The first-order chi connectivity index (χ1) is 11.0. The van der Waals surface area contributed by atoms with Crippen molar-refractivity contribution in [1.82, 2.24) is 0 Å². The minimum absolute atomic E-state index is 0.137. The van der Waals surface area contributed by atoms with Crippen molar-refractivity contribution in [2.45, 2.75) is 6.92 Å². The normalized spacial score (nSPS) is 12.0. The molecule has 0 spiro atoms. The number of benzene rings is 2. The summed E-state index contributed by atoms with van der Waals surface area (Å²) < 4.78 is 0. The molecule has 0 aliphatic heterocycles. The lowest BCUT2D eigenvalue weighted by Gasteiger charge is -2.03. The molecule has 0 amide bonds. The molecule has 0 aliphatic carbocycles. The fourth-order valence-corrected chi connectivity index (χ4v) is 1.79. The molecule has 2 aromatic rings. The van der Waals surface area contributed by atoms with Crippen molar-refractivity contribution in [3.05, 3.63) is 76.0 Å². The van der Waals surface area contributed by atoms with E-state index < -0.39 is 10.7 Å². The lowest BCUT2D eigenvalue weighted by molar-refractivity contribution is -0.384. The van der Waals surface area contributed by atoms with Gasteiger partial charge in [-0.2, -0.15) is 5.11 Å². The molecule has 0 aromatic heterocycles. The third-order valence-corrected chi connectivity index (χ3v) is 2.91. The number of ketones is 1. The van der Waals surface area contributed by atoms with Crippen LogP contribution in [0.4, 0.5) is 11.4 Å². The van der Waals surface area contributed by atoms with Crippen LogP contribution in [-0.4, -0.2) is 15.8 Å². The van der Waals surface area contributed by atoms with Crippen molar-refractivity contribution in [3.63, 3.8) is 0 Å². The predicted molar refractivity (Wildman–Crippen MR) is 84.3 cm³/mol. The number of hydrogen-bond donors (Lipinski definition) is 1. The van der Waals surface area contributed by atoms with Gasteiger partial charge >= 0.3 is 0 Å². The first-order valence-corrected chi connectivity index (χ1v) is 6.65. The van der Waals surface area contributed by atoms with Crippen molar-refractivity contribution in [3.8, 4) is 0 Å². The first kappa shape index (κ1) is 16.0. The zero-order valence-corrected chi connectivity index (χ0v) is 12.2. The van der Waals surface area contributed by atoms with Crippen molar-refractivity contribution >= 4 is 22.9 Å². The number of aliphatic hydroxyl groups excluding tert-OH is 1. The first-order valence-electron chi connectivity index (χ1n) is 6.65. The van der Waals surface area contributed by atoms with Crippen molar-refractivity contribution in [1.29, 1.82) is 0 Å². The second-order valence-electron chi connectivity index (χ2n) is 4.60. The number of rotatable bonds is 5. The number of carbonyl (C=O) groups excluding carboxylic acids is 1. The highest BCUT2D eigenvalue weighted by Gasteiger charge is 2.13. The molecule has 1 N–H and O–H groups in total. The number of aliphatic hydroxyl groups is 1. The van der Waals surface area contributed by atoms with Gasteiger partial charge in [0.1, 0.15) is 0 Å². The molecule has 2 aromatic carbocycles. The number of hydrogen-bond acceptors (Lipinski definition) is 6. The summed E-state index contributed by atoms with van der Waals surface area (Å²) >= 11 is 0. The zero-order chi connectivity index (χ0) is 16.8. The van der Waals surface area contributed by atoms with Crippen LogP contribution >= 0.6 is 0 Å². The molecule has 0 saturated carbocycles. The summed E-state index contributed by atoms with van der Waals surface area (Å²) in [5.41, 5.74) is 0.277. The standard InChI is InChI=1S/C16H13N3O4/c1-11(20)15(16(21)12-6-3-2-4-7-12)18-17-13-8-5-9-14(10-13)19(22)23/h2-10,21H,1H3. The molecule has 116 valence electrons. The number of azo groups is 1. The Kier molecular flexibility index (Phi) is 4.93. The number of nitro groups is 1. The third-order valence-electron chi connectivity index (χ3n) is 2.91. The molecule has 0 heterocycles.